The molecule has 1 amide bonds. The molecule has 0 aliphatic rings. The zero-order valence-electron chi connectivity index (χ0n) is 15.2. The van der Waals surface area contributed by atoms with E-state index in [1.54, 1.807) is 45.0 Å². The second kappa shape index (κ2) is 8.89. The fourth-order valence-electron chi connectivity index (χ4n) is 2.02. The summed E-state index contributed by atoms with van der Waals surface area (Å²) >= 11 is 0. The van der Waals surface area contributed by atoms with Gasteiger partial charge in [-0.3, -0.25) is 5.32 Å². The molecule has 0 heterocycles. The van der Waals surface area contributed by atoms with E-state index >= 15 is 0 Å². The van der Waals surface area contributed by atoms with E-state index in [1.165, 1.54) is 0 Å². The largest absolute Gasteiger partial charge is 0.482 e. The van der Waals surface area contributed by atoms with Crippen LogP contribution in [0.2, 0.25) is 0 Å². The van der Waals surface area contributed by atoms with E-state index in [9.17, 15) is 9.59 Å². The fourth-order valence-corrected chi connectivity index (χ4v) is 2.02. The quantitative estimate of drug-likeness (QED) is 0.786. The molecule has 0 radical (unpaired) electrons. The first-order valence-corrected chi connectivity index (χ1v) is 8.24. The number of amides is 1. The van der Waals surface area contributed by atoms with E-state index in [0.29, 0.717) is 11.4 Å². The Morgan fingerprint density at radius 2 is 1.62 bits per heavy atom. The van der Waals surface area contributed by atoms with Gasteiger partial charge in [-0.2, -0.15) is 0 Å². The van der Waals surface area contributed by atoms with Gasteiger partial charge in [-0.25, -0.2) is 9.59 Å². The predicted molar refractivity (Wildman–Crippen MR) is 98.0 cm³/mol. The van der Waals surface area contributed by atoms with Crippen molar-refractivity contribution in [2.75, 3.05) is 11.9 Å². The summed E-state index contributed by atoms with van der Waals surface area (Å²) in [7, 11) is 0. The Morgan fingerprint density at radius 3 is 2.23 bits per heavy atom. The van der Waals surface area contributed by atoms with Crippen LogP contribution >= 0.6 is 0 Å². The lowest BCUT2D eigenvalue weighted by Gasteiger charge is -2.19. The molecule has 2 aromatic carbocycles. The summed E-state index contributed by atoms with van der Waals surface area (Å²) in [5, 5.41) is 2.63. The van der Waals surface area contributed by atoms with Gasteiger partial charge in [0, 0.05) is 5.69 Å². The van der Waals surface area contributed by atoms with E-state index < -0.39 is 17.7 Å². The van der Waals surface area contributed by atoms with Gasteiger partial charge in [0.2, 0.25) is 0 Å². The molecule has 2 aromatic rings. The number of rotatable bonds is 6. The van der Waals surface area contributed by atoms with E-state index in [4.69, 9.17) is 14.2 Å². The average molecular weight is 357 g/mol. The molecule has 1 N–H and O–H groups in total. The van der Waals surface area contributed by atoms with Crippen LogP contribution in [0.15, 0.2) is 54.6 Å². The van der Waals surface area contributed by atoms with E-state index in [2.05, 4.69) is 5.32 Å². The van der Waals surface area contributed by atoms with Gasteiger partial charge in [0.25, 0.3) is 0 Å². The molecule has 2 rings (SSSR count). The van der Waals surface area contributed by atoms with Gasteiger partial charge in [-0.1, -0.05) is 30.3 Å². The maximum absolute atomic E-state index is 11.8. The van der Waals surface area contributed by atoms with Gasteiger partial charge < -0.3 is 14.2 Å². The highest BCUT2D eigenvalue weighted by Crippen LogP contribution is 2.16. The van der Waals surface area contributed by atoms with Crippen molar-refractivity contribution in [3.05, 3.63) is 60.2 Å². The molecule has 6 heteroatoms. The second-order valence-corrected chi connectivity index (χ2v) is 6.59. The SMILES string of the molecule is CC(C)(C)OC(=O)COc1ccc(NC(=O)OCc2ccccc2)cc1. The molecule has 0 aromatic heterocycles. The normalized spacial score (nSPS) is 10.7. The maximum Gasteiger partial charge on any atom is 0.411 e. The van der Waals surface area contributed by atoms with Crippen molar-refractivity contribution >= 4 is 17.7 Å². The van der Waals surface area contributed by atoms with Crippen molar-refractivity contribution in [1.82, 2.24) is 0 Å². The lowest BCUT2D eigenvalue weighted by molar-refractivity contribution is -0.157. The Kier molecular flexibility index (Phi) is 6.60. The summed E-state index contributed by atoms with van der Waals surface area (Å²) in [6, 6.07) is 16.0. The van der Waals surface area contributed by atoms with Crippen LogP contribution in [0.3, 0.4) is 0 Å². The summed E-state index contributed by atoms with van der Waals surface area (Å²) < 4.78 is 15.7. The smallest absolute Gasteiger partial charge is 0.411 e. The second-order valence-electron chi connectivity index (χ2n) is 6.59. The highest BCUT2D eigenvalue weighted by atomic mass is 16.6. The van der Waals surface area contributed by atoms with E-state index in [1.807, 2.05) is 30.3 Å². The van der Waals surface area contributed by atoms with Crippen LogP contribution in [0.1, 0.15) is 26.3 Å². The van der Waals surface area contributed by atoms with Gasteiger partial charge in [0.1, 0.15) is 18.0 Å². The minimum Gasteiger partial charge on any atom is -0.482 e. The highest BCUT2D eigenvalue weighted by molar-refractivity contribution is 5.84. The Balaban J connectivity index is 1.76. The molecule has 6 nitrogen and oxygen atoms in total. The van der Waals surface area contributed by atoms with Crippen LogP contribution in [0.5, 0.6) is 5.75 Å². The van der Waals surface area contributed by atoms with Crippen molar-refractivity contribution in [2.24, 2.45) is 0 Å². The van der Waals surface area contributed by atoms with Gasteiger partial charge in [0.05, 0.1) is 0 Å². The molecule has 0 aliphatic heterocycles. The number of benzene rings is 2. The molecular weight excluding hydrogens is 334 g/mol. The van der Waals surface area contributed by atoms with Crippen molar-refractivity contribution in [1.29, 1.82) is 0 Å². The molecule has 0 unspecified atom stereocenters. The van der Waals surface area contributed by atoms with Gasteiger partial charge >= 0.3 is 12.1 Å². The topological polar surface area (TPSA) is 73.9 Å². The summed E-state index contributed by atoms with van der Waals surface area (Å²) in [4.78, 5) is 23.4. The molecule has 138 valence electrons. The third-order valence-corrected chi connectivity index (χ3v) is 3.09. The maximum atomic E-state index is 11.8. The number of anilines is 1. The van der Waals surface area contributed by atoms with E-state index in [0.717, 1.165) is 5.56 Å². The van der Waals surface area contributed by atoms with Crippen LogP contribution in [-0.2, 0) is 20.9 Å². The van der Waals surface area contributed by atoms with Gasteiger partial charge in [-0.15, -0.1) is 0 Å². The van der Waals surface area contributed by atoms with Crippen molar-refractivity contribution < 1.29 is 23.8 Å². The molecule has 0 saturated heterocycles. The standard InChI is InChI=1S/C20H23NO5/c1-20(2,3)26-18(22)14-24-17-11-9-16(10-12-17)21-19(23)25-13-15-7-5-4-6-8-15/h4-12H,13-14H2,1-3H3,(H,21,23). The Hall–Kier alpha value is -3.02. The lowest BCUT2D eigenvalue weighted by atomic mass is 10.2. The summed E-state index contributed by atoms with van der Waals surface area (Å²) in [6.45, 7) is 5.40. The molecule has 0 fully saturated rings. The minimum atomic E-state index is -0.547. The molecule has 0 aliphatic carbocycles. The number of carbonyl (C=O) groups is 2. The summed E-state index contributed by atoms with van der Waals surface area (Å²) in [5.41, 5.74) is 0.926. The van der Waals surface area contributed by atoms with Crippen LogP contribution in [-0.4, -0.2) is 24.3 Å². The molecule has 0 bridgehead atoms. The van der Waals surface area contributed by atoms with Crippen molar-refractivity contribution in [2.45, 2.75) is 33.0 Å². The molecule has 26 heavy (non-hydrogen) atoms. The number of hydrogen-bond donors (Lipinski definition) is 1. The Bertz CT molecular complexity index is 720. The van der Waals surface area contributed by atoms with Gasteiger partial charge in [-0.05, 0) is 50.6 Å². The zero-order chi connectivity index (χ0) is 19.0. The third-order valence-electron chi connectivity index (χ3n) is 3.09. The van der Waals surface area contributed by atoms with Gasteiger partial charge in [0.15, 0.2) is 6.61 Å². The lowest BCUT2D eigenvalue weighted by Crippen LogP contribution is -2.27. The number of esters is 1. The van der Waals surface area contributed by atoms with Crippen LogP contribution in [0, 0.1) is 0 Å². The van der Waals surface area contributed by atoms with Crippen molar-refractivity contribution in [3.63, 3.8) is 0 Å². The zero-order valence-corrected chi connectivity index (χ0v) is 15.2. The summed E-state index contributed by atoms with van der Waals surface area (Å²) in [5.74, 6) is 0.0586. The minimum absolute atomic E-state index is 0.177. The fraction of sp³-hybridized carbons (Fsp3) is 0.300. The predicted octanol–water partition coefficient (Wildman–Crippen LogP) is 4.16. The third kappa shape index (κ3) is 7.25. The molecule has 0 saturated carbocycles. The number of ether oxygens (including phenoxy) is 3. The molecule has 0 spiro atoms. The number of carbonyl (C=O) groups excluding carboxylic acids is 2. The van der Waals surface area contributed by atoms with Crippen LogP contribution in [0.4, 0.5) is 10.5 Å². The average Bonchev–Trinajstić information content (AvgIpc) is 2.59. The Labute approximate surface area is 153 Å². The molecule has 0 atom stereocenters. The number of nitrogens with one attached hydrogen (secondary N) is 1. The first-order chi connectivity index (χ1) is 12.3. The highest BCUT2D eigenvalue weighted by Gasteiger charge is 2.16. The van der Waals surface area contributed by atoms with Crippen LogP contribution < -0.4 is 10.1 Å². The number of hydrogen-bond acceptors (Lipinski definition) is 5. The Morgan fingerprint density at radius 1 is 0.962 bits per heavy atom. The first kappa shape index (κ1) is 19.3. The van der Waals surface area contributed by atoms with E-state index in [-0.39, 0.29) is 13.2 Å². The van der Waals surface area contributed by atoms with Crippen LogP contribution in [0.25, 0.3) is 0 Å². The first-order valence-electron chi connectivity index (χ1n) is 8.24. The molecular formula is C20H23NO5. The monoisotopic (exact) mass is 357 g/mol. The summed E-state index contributed by atoms with van der Waals surface area (Å²) in [6.07, 6.45) is -0.545. The van der Waals surface area contributed by atoms with Crippen molar-refractivity contribution in [3.8, 4) is 5.75 Å².